The van der Waals surface area contributed by atoms with E-state index in [-0.39, 0.29) is 16.1 Å². The van der Waals surface area contributed by atoms with Crippen molar-refractivity contribution in [3.8, 4) is 0 Å². The molecule has 0 fully saturated rings. The van der Waals surface area contributed by atoms with Gasteiger partial charge in [-0.15, -0.1) is 0 Å². The van der Waals surface area contributed by atoms with E-state index in [2.05, 4.69) is 5.32 Å². The number of sulfonamides is 1. The number of carbonyl (C=O) groups excluding carboxylic acids is 1. The third-order valence-electron chi connectivity index (χ3n) is 4.33. The Hall–Kier alpha value is -3.19. The lowest BCUT2D eigenvalue weighted by atomic mass is 10.1. The second kappa shape index (κ2) is 7.82. The minimum absolute atomic E-state index is 0.0555. The minimum Gasteiger partial charge on any atom is -0.319 e. The summed E-state index contributed by atoms with van der Waals surface area (Å²) in [6, 6.07) is 18.6. The van der Waals surface area contributed by atoms with Crippen molar-refractivity contribution in [2.45, 2.75) is 11.8 Å². The smallest absolute Gasteiger partial charge is 0.264 e. The summed E-state index contributed by atoms with van der Waals surface area (Å²) in [6.45, 7) is 1.75. The highest BCUT2D eigenvalue weighted by molar-refractivity contribution is 7.92. The first-order chi connectivity index (χ1) is 13.3. The number of anilines is 2. The summed E-state index contributed by atoms with van der Waals surface area (Å²) in [4.78, 5) is 12.7. The molecule has 1 N–H and O–H groups in total. The van der Waals surface area contributed by atoms with E-state index in [9.17, 15) is 17.6 Å². The van der Waals surface area contributed by atoms with Crippen LogP contribution in [0.2, 0.25) is 0 Å². The summed E-state index contributed by atoms with van der Waals surface area (Å²) in [5.74, 6) is -1.08. The van der Waals surface area contributed by atoms with Crippen LogP contribution in [0, 0.1) is 12.7 Å². The number of para-hydroxylation sites is 1. The molecule has 0 aliphatic heterocycles. The molecule has 0 spiro atoms. The number of aryl methyl sites for hydroxylation is 1. The van der Waals surface area contributed by atoms with Gasteiger partial charge in [-0.25, -0.2) is 12.8 Å². The molecule has 1 amide bonds. The lowest BCUT2D eigenvalue weighted by Crippen LogP contribution is -2.27. The summed E-state index contributed by atoms with van der Waals surface area (Å²) in [7, 11) is -2.35. The van der Waals surface area contributed by atoms with Crippen molar-refractivity contribution in [2.75, 3.05) is 16.7 Å². The van der Waals surface area contributed by atoms with Crippen LogP contribution < -0.4 is 9.62 Å². The number of nitrogens with zero attached hydrogens (tertiary/aromatic N) is 1. The summed E-state index contributed by atoms with van der Waals surface area (Å²) in [5, 5.41) is 2.50. The lowest BCUT2D eigenvalue weighted by Gasteiger charge is -2.22. The molecule has 0 saturated heterocycles. The van der Waals surface area contributed by atoms with Gasteiger partial charge in [0.25, 0.3) is 15.9 Å². The average molecular weight is 398 g/mol. The minimum atomic E-state index is -3.78. The van der Waals surface area contributed by atoms with Gasteiger partial charge in [-0.1, -0.05) is 36.4 Å². The van der Waals surface area contributed by atoms with Gasteiger partial charge in [-0.05, 0) is 48.9 Å². The highest BCUT2D eigenvalue weighted by Gasteiger charge is 2.23. The van der Waals surface area contributed by atoms with Crippen molar-refractivity contribution in [3.05, 3.63) is 89.7 Å². The van der Waals surface area contributed by atoms with E-state index in [1.54, 1.807) is 43.3 Å². The maximum atomic E-state index is 13.8. The average Bonchev–Trinajstić information content (AvgIpc) is 2.70. The number of nitrogens with one attached hydrogen (secondary N) is 1. The maximum absolute atomic E-state index is 13.8. The van der Waals surface area contributed by atoms with E-state index in [1.165, 1.54) is 43.4 Å². The molecule has 0 bridgehead atoms. The van der Waals surface area contributed by atoms with Crippen LogP contribution in [-0.2, 0) is 10.0 Å². The molecule has 7 heteroatoms. The zero-order chi connectivity index (χ0) is 20.3. The predicted octanol–water partition coefficient (Wildman–Crippen LogP) is 4.21. The van der Waals surface area contributed by atoms with Gasteiger partial charge in [-0.2, -0.15) is 0 Å². The van der Waals surface area contributed by atoms with Gasteiger partial charge in [-0.3, -0.25) is 9.10 Å². The molecular formula is C21H19FN2O3S. The summed E-state index contributed by atoms with van der Waals surface area (Å²) < 4.78 is 40.7. The van der Waals surface area contributed by atoms with Crippen LogP contribution in [0.4, 0.5) is 15.8 Å². The Balaban J connectivity index is 1.93. The Morgan fingerprint density at radius 3 is 2.29 bits per heavy atom. The summed E-state index contributed by atoms with van der Waals surface area (Å²) >= 11 is 0. The zero-order valence-corrected chi connectivity index (χ0v) is 16.2. The van der Waals surface area contributed by atoms with Gasteiger partial charge in [0.15, 0.2) is 0 Å². The van der Waals surface area contributed by atoms with E-state index in [4.69, 9.17) is 0 Å². The molecular weight excluding hydrogens is 379 g/mol. The van der Waals surface area contributed by atoms with E-state index >= 15 is 0 Å². The highest BCUT2D eigenvalue weighted by atomic mass is 32.2. The van der Waals surface area contributed by atoms with E-state index in [0.717, 1.165) is 4.31 Å². The number of carbonyl (C=O) groups is 1. The number of hydrogen-bond donors (Lipinski definition) is 1. The van der Waals surface area contributed by atoms with Gasteiger partial charge in [0.1, 0.15) is 5.82 Å². The Bertz CT molecular complexity index is 1120. The van der Waals surface area contributed by atoms with E-state index in [0.29, 0.717) is 11.3 Å². The molecule has 0 aliphatic carbocycles. The molecule has 0 atom stereocenters. The van der Waals surface area contributed by atoms with Gasteiger partial charge in [0.05, 0.1) is 16.3 Å². The van der Waals surface area contributed by atoms with Gasteiger partial charge >= 0.3 is 0 Å². The van der Waals surface area contributed by atoms with Crippen LogP contribution >= 0.6 is 0 Å². The number of amides is 1. The fraction of sp³-hybridized carbons (Fsp3) is 0.0952. The second-order valence-corrected chi connectivity index (χ2v) is 8.19. The van der Waals surface area contributed by atoms with Gasteiger partial charge < -0.3 is 5.32 Å². The Labute approximate surface area is 163 Å². The third kappa shape index (κ3) is 3.89. The molecule has 0 unspecified atom stereocenters. The number of benzene rings is 3. The van der Waals surface area contributed by atoms with Crippen LogP contribution in [0.1, 0.15) is 15.9 Å². The largest absolute Gasteiger partial charge is 0.319 e. The lowest BCUT2D eigenvalue weighted by molar-refractivity contribution is 0.102. The van der Waals surface area contributed by atoms with Crippen LogP contribution in [-0.4, -0.2) is 21.4 Å². The Morgan fingerprint density at radius 2 is 1.61 bits per heavy atom. The monoisotopic (exact) mass is 398 g/mol. The molecule has 0 heterocycles. The number of hydrogen-bond acceptors (Lipinski definition) is 3. The molecule has 144 valence electrons. The molecule has 3 aromatic rings. The molecule has 0 saturated carbocycles. The Morgan fingerprint density at radius 1 is 0.964 bits per heavy atom. The van der Waals surface area contributed by atoms with E-state index in [1.807, 2.05) is 0 Å². The summed E-state index contributed by atoms with van der Waals surface area (Å²) in [5.41, 5.74) is 1.33. The molecule has 0 radical (unpaired) electrons. The third-order valence-corrected chi connectivity index (χ3v) is 6.12. The fourth-order valence-electron chi connectivity index (χ4n) is 2.73. The normalized spacial score (nSPS) is 11.1. The standard InChI is InChI=1S/C21H19FN2O3S/c1-15-12-13-16(21(25)23-19-11-7-6-10-18(19)22)14-20(15)24(2)28(26,27)17-8-4-3-5-9-17/h3-14H,1-2H3,(H,23,25). The van der Waals surface area contributed by atoms with Crippen molar-refractivity contribution in [3.63, 3.8) is 0 Å². The number of halogens is 1. The van der Waals surface area contributed by atoms with Crippen molar-refractivity contribution in [1.82, 2.24) is 0 Å². The predicted molar refractivity (Wildman–Crippen MR) is 108 cm³/mol. The van der Waals surface area contributed by atoms with Crippen LogP contribution in [0.5, 0.6) is 0 Å². The van der Waals surface area contributed by atoms with Gasteiger partial charge in [0, 0.05) is 12.6 Å². The number of rotatable bonds is 5. The summed E-state index contributed by atoms with van der Waals surface area (Å²) in [6.07, 6.45) is 0. The quantitative estimate of drug-likeness (QED) is 0.700. The van der Waals surface area contributed by atoms with Crippen LogP contribution in [0.3, 0.4) is 0 Å². The second-order valence-electron chi connectivity index (χ2n) is 6.22. The molecule has 0 aliphatic rings. The van der Waals surface area contributed by atoms with Crippen molar-refractivity contribution < 1.29 is 17.6 Å². The topological polar surface area (TPSA) is 66.5 Å². The maximum Gasteiger partial charge on any atom is 0.264 e. The molecule has 3 rings (SSSR count). The SMILES string of the molecule is Cc1ccc(C(=O)Nc2ccccc2F)cc1N(C)S(=O)(=O)c1ccccc1. The first kappa shape index (κ1) is 19.6. The first-order valence-corrected chi connectivity index (χ1v) is 9.95. The van der Waals surface area contributed by atoms with Gasteiger partial charge in [0.2, 0.25) is 0 Å². The molecule has 5 nitrogen and oxygen atoms in total. The first-order valence-electron chi connectivity index (χ1n) is 8.51. The van der Waals surface area contributed by atoms with Crippen molar-refractivity contribution >= 4 is 27.3 Å². The van der Waals surface area contributed by atoms with Crippen LogP contribution in [0.15, 0.2) is 77.7 Å². The zero-order valence-electron chi connectivity index (χ0n) is 15.4. The van der Waals surface area contributed by atoms with E-state index < -0.39 is 21.7 Å². The highest BCUT2D eigenvalue weighted by Crippen LogP contribution is 2.27. The van der Waals surface area contributed by atoms with Crippen LogP contribution in [0.25, 0.3) is 0 Å². The fourth-order valence-corrected chi connectivity index (χ4v) is 4.00. The molecule has 0 aromatic heterocycles. The molecule has 28 heavy (non-hydrogen) atoms. The van der Waals surface area contributed by atoms with Crippen molar-refractivity contribution in [1.29, 1.82) is 0 Å². The Kier molecular flexibility index (Phi) is 5.46. The van der Waals surface area contributed by atoms with Crippen molar-refractivity contribution in [2.24, 2.45) is 0 Å². The molecule has 3 aromatic carbocycles.